The topological polar surface area (TPSA) is 194 Å². The van der Waals surface area contributed by atoms with E-state index < -0.39 is 0 Å². The van der Waals surface area contributed by atoms with Gasteiger partial charge in [-0.25, -0.2) is 24.6 Å². The fourth-order valence-electron chi connectivity index (χ4n) is 13.7. The number of aromatic hydroxyl groups is 1. The molecule has 5 aliphatic rings. The van der Waals surface area contributed by atoms with Crippen LogP contribution in [-0.4, -0.2) is 178 Å². The molecule has 1 N–H and O–H groups in total. The number of amides is 3. The van der Waals surface area contributed by atoms with Crippen molar-refractivity contribution in [3.05, 3.63) is 243 Å². The number of piperazine rings is 3. The first-order valence-corrected chi connectivity index (χ1v) is 36.1. The van der Waals surface area contributed by atoms with Gasteiger partial charge < -0.3 is 48.6 Å². The number of para-hydroxylation sites is 9. The van der Waals surface area contributed by atoms with E-state index in [9.17, 15) is 24.3 Å². The van der Waals surface area contributed by atoms with Gasteiger partial charge in [0.25, 0.3) is 5.56 Å². The van der Waals surface area contributed by atoms with Crippen LogP contribution in [0.4, 0.5) is 32.3 Å². The van der Waals surface area contributed by atoms with Gasteiger partial charge in [0.05, 0.1) is 84.3 Å². The summed E-state index contributed by atoms with van der Waals surface area (Å²) in [6.45, 7) is 20.3. The highest BCUT2D eigenvalue weighted by molar-refractivity contribution is 6.30. The van der Waals surface area contributed by atoms with Gasteiger partial charge in [0.2, 0.25) is 5.91 Å². The molecule has 21 nitrogen and oxygen atoms in total. The van der Waals surface area contributed by atoms with E-state index in [0.29, 0.717) is 104 Å². The number of phenols is 1. The normalized spacial score (nSPS) is 16.4. The van der Waals surface area contributed by atoms with E-state index in [4.69, 9.17) is 57.1 Å². The Hall–Kier alpha value is -10.3. The van der Waals surface area contributed by atoms with E-state index in [1.165, 1.54) is 5.56 Å². The second-order valence-electron chi connectivity index (χ2n) is 26.0. The molecule has 9 aromatic rings. The number of aliphatic imine (C=N–C) groups is 2. The van der Waals surface area contributed by atoms with E-state index in [2.05, 4.69) is 75.6 Å². The minimum atomic E-state index is -0.308. The second kappa shape index (κ2) is 34.3. The van der Waals surface area contributed by atoms with Gasteiger partial charge in [0, 0.05) is 95.5 Å². The summed E-state index contributed by atoms with van der Waals surface area (Å²) in [5.74, 6) is 4.32. The number of anilines is 2. The van der Waals surface area contributed by atoms with E-state index >= 15 is 0 Å². The van der Waals surface area contributed by atoms with Crippen LogP contribution in [0.3, 0.4) is 0 Å². The second-order valence-corrected chi connectivity index (χ2v) is 26.9. The van der Waals surface area contributed by atoms with Crippen LogP contribution in [0, 0.1) is 0 Å². The third-order valence-corrected chi connectivity index (χ3v) is 20.1. The lowest BCUT2D eigenvalue weighted by Gasteiger charge is -2.41. The zero-order chi connectivity index (χ0) is 72.8. The smallest absolute Gasteiger partial charge is 0.410 e. The maximum Gasteiger partial charge on any atom is 0.410 e. The molecule has 3 saturated heterocycles. The molecular formula is C81H88Cl2N12O9. The fourth-order valence-corrected chi connectivity index (χ4v) is 13.9. The van der Waals surface area contributed by atoms with Crippen LogP contribution >= 0.6 is 23.2 Å². The molecular weight excluding hydrogens is 1360 g/mol. The number of carbonyl (C=O) groups is 3. The van der Waals surface area contributed by atoms with Crippen LogP contribution in [0.15, 0.2) is 209 Å². The molecule has 1 aromatic heterocycles. The SMILES string of the molecule is CC(C1=Nc2ccccc2CN1c1ccccc1O)N1CCN(C(=O)OCc2ccc(Cl)cc2)CC1.CCOc1ccccc1-n1c(C(C)N2CCN(C(C)=O)CC2)nc2ccccc2c1=O.COc1ccccc1N1Cc2ccccc2N=C1C(C)N1CCN(C(=O)OCc2ccc(Cl)cc2)CC1. The van der Waals surface area contributed by atoms with Crippen molar-refractivity contribution < 1.29 is 38.4 Å². The number of phenolic OH excluding ortho intramolecular Hbond substituents is 1. The van der Waals surface area contributed by atoms with Gasteiger partial charge in [-0.15, -0.1) is 0 Å². The van der Waals surface area contributed by atoms with Crippen LogP contribution in [0.2, 0.25) is 10.0 Å². The molecule has 14 rings (SSSR count). The molecule has 6 heterocycles. The number of methoxy groups -OCH3 is 1. The van der Waals surface area contributed by atoms with Gasteiger partial charge >= 0.3 is 12.2 Å². The molecule has 0 aliphatic carbocycles. The zero-order valence-electron chi connectivity index (χ0n) is 59.6. The van der Waals surface area contributed by atoms with Crippen molar-refractivity contribution in [2.75, 3.05) is 102 Å². The molecule has 3 unspecified atom stereocenters. The first-order valence-electron chi connectivity index (χ1n) is 35.4. The highest BCUT2D eigenvalue weighted by Gasteiger charge is 2.36. The van der Waals surface area contributed by atoms with Crippen LogP contribution in [0.1, 0.15) is 68.7 Å². The summed E-state index contributed by atoms with van der Waals surface area (Å²) >= 11 is 11.9. The van der Waals surface area contributed by atoms with Gasteiger partial charge in [0.1, 0.15) is 48.0 Å². The number of carbonyl (C=O) groups excluding carboxylic acids is 3. The first kappa shape index (κ1) is 73.5. The summed E-state index contributed by atoms with van der Waals surface area (Å²) in [5, 5.41) is 12.5. The number of ether oxygens (including phenoxy) is 4. The fraction of sp³-hybridized carbons (Fsp3) is 0.321. The minimum Gasteiger partial charge on any atom is -0.506 e. The molecule has 8 aromatic carbocycles. The number of hydrogen-bond donors (Lipinski definition) is 1. The molecule has 3 fully saturated rings. The summed E-state index contributed by atoms with van der Waals surface area (Å²) in [6, 6.07) is 61.3. The molecule has 0 saturated carbocycles. The van der Waals surface area contributed by atoms with Crippen molar-refractivity contribution in [2.24, 2.45) is 9.98 Å². The Balaban J connectivity index is 0.000000147. The number of benzene rings is 8. The number of rotatable bonds is 16. The van der Waals surface area contributed by atoms with Gasteiger partial charge in [0.15, 0.2) is 0 Å². The van der Waals surface area contributed by atoms with Crippen molar-refractivity contribution >= 4 is 86.6 Å². The van der Waals surface area contributed by atoms with Crippen molar-refractivity contribution in [1.29, 1.82) is 0 Å². The predicted octanol–water partition coefficient (Wildman–Crippen LogP) is 14.2. The summed E-state index contributed by atoms with van der Waals surface area (Å²) in [6.07, 6.45) is -0.598. The molecule has 104 heavy (non-hydrogen) atoms. The van der Waals surface area contributed by atoms with Crippen molar-refractivity contribution in [3.63, 3.8) is 0 Å². The Labute approximate surface area is 617 Å². The van der Waals surface area contributed by atoms with Crippen molar-refractivity contribution in [3.8, 4) is 22.9 Å². The minimum absolute atomic E-state index is 0.00907. The van der Waals surface area contributed by atoms with Gasteiger partial charge in [-0.05, 0) is 135 Å². The monoisotopic (exact) mass is 1440 g/mol. The quantitative estimate of drug-likeness (QED) is 0.0959. The Morgan fingerprint density at radius 3 is 1.41 bits per heavy atom. The van der Waals surface area contributed by atoms with E-state index in [1.807, 2.05) is 145 Å². The molecule has 23 heteroatoms. The molecule has 540 valence electrons. The number of fused-ring (bicyclic) bond motifs is 3. The summed E-state index contributed by atoms with van der Waals surface area (Å²) in [4.78, 5) is 82.4. The van der Waals surface area contributed by atoms with E-state index in [0.717, 1.165) is 89.6 Å². The Morgan fingerprint density at radius 1 is 0.490 bits per heavy atom. The number of nitrogens with zero attached hydrogens (tertiary/aromatic N) is 12. The molecule has 3 atom stereocenters. The average molecular weight is 1440 g/mol. The van der Waals surface area contributed by atoms with Gasteiger partial charge in [-0.3, -0.25) is 28.9 Å². The summed E-state index contributed by atoms with van der Waals surface area (Å²) < 4.78 is 24.3. The Kier molecular flexibility index (Phi) is 24.2. The number of hydrogen-bond acceptors (Lipinski definition) is 17. The van der Waals surface area contributed by atoms with Crippen molar-refractivity contribution in [2.45, 2.75) is 79.0 Å². The van der Waals surface area contributed by atoms with E-state index in [-0.39, 0.29) is 60.7 Å². The lowest BCUT2D eigenvalue weighted by Crippen LogP contribution is -2.56. The largest absolute Gasteiger partial charge is 0.506 e. The predicted molar refractivity (Wildman–Crippen MR) is 410 cm³/mol. The molecule has 0 bridgehead atoms. The van der Waals surface area contributed by atoms with Crippen LogP contribution in [-0.2, 0) is 40.6 Å². The third kappa shape index (κ3) is 17.3. The third-order valence-electron chi connectivity index (χ3n) is 19.6. The summed E-state index contributed by atoms with van der Waals surface area (Å²) in [7, 11) is 1.70. The lowest BCUT2D eigenvalue weighted by atomic mass is 10.1. The highest BCUT2D eigenvalue weighted by atomic mass is 35.5. The Morgan fingerprint density at radius 2 is 0.913 bits per heavy atom. The number of halogens is 2. The van der Waals surface area contributed by atoms with Gasteiger partial charge in [-0.1, -0.05) is 132 Å². The number of amidine groups is 2. The first-order chi connectivity index (χ1) is 50.5. The number of aromatic nitrogens is 2. The standard InChI is InChI=1S/C29H31ClN4O3.C28H29ClN4O3.C24H28N4O3/c1-21(32-15-17-33(18-16-32)29(35)37-20-22-11-13-24(30)14-12-22)28-31-25-8-4-3-7-23(25)19-34(28)26-9-5-6-10-27(26)36-2;1-20(31-14-16-32(17-15-31)28(35)36-19-21-10-12-23(29)13-11-21)27-30-24-7-3-2-6-22(24)18-33(27)25-8-4-5-9-26(25)34;1-4-31-22-12-8-7-11-21(22)28-23(25-20-10-6-5-9-19(20)24(28)30)17(2)26-13-15-27(16-14-26)18(3)29/h3-14,21H,15-20H2,1-2H3;2-13,20,34H,14-19H2,1H3;5-12,17H,4,13-16H2,1-3H3. The summed E-state index contributed by atoms with van der Waals surface area (Å²) in [5.41, 5.74) is 9.06. The zero-order valence-corrected chi connectivity index (χ0v) is 61.1. The average Bonchev–Trinajstić information content (AvgIpc) is 0.763. The highest BCUT2D eigenvalue weighted by Crippen LogP contribution is 2.38. The van der Waals surface area contributed by atoms with Crippen LogP contribution in [0.25, 0.3) is 16.6 Å². The maximum atomic E-state index is 13.6. The van der Waals surface area contributed by atoms with Gasteiger partial charge in [-0.2, -0.15) is 0 Å². The maximum absolute atomic E-state index is 13.6. The van der Waals surface area contributed by atoms with Crippen LogP contribution in [0.5, 0.6) is 17.2 Å². The lowest BCUT2D eigenvalue weighted by molar-refractivity contribution is -0.130. The van der Waals surface area contributed by atoms with E-state index in [1.54, 1.807) is 58.7 Å². The van der Waals surface area contributed by atoms with Crippen molar-refractivity contribution in [1.82, 2.24) is 39.0 Å². The Bertz CT molecular complexity index is 4590. The molecule has 5 aliphatic heterocycles. The molecule has 0 radical (unpaired) electrons. The van der Waals surface area contributed by atoms with Crippen LogP contribution < -0.4 is 24.8 Å². The molecule has 0 spiro atoms. The molecule has 3 amide bonds.